The van der Waals surface area contributed by atoms with Gasteiger partial charge in [-0.25, -0.2) is 8.42 Å². The molecule has 19 heavy (non-hydrogen) atoms. The van der Waals surface area contributed by atoms with Gasteiger partial charge in [0.15, 0.2) is 9.84 Å². The van der Waals surface area contributed by atoms with E-state index in [0.717, 1.165) is 14.6 Å². The van der Waals surface area contributed by atoms with Gasteiger partial charge in [0.25, 0.3) is 5.56 Å². The molecule has 1 aliphatic rings. The third-order valence-corrected chi connectivity index (χ3v) is 6.80. The molecule has 2 aromatic rings. The van der Waals surface area contributed by atoms with Crippen molar-refractivity contribution in [3.05, 3.63) is 32.5 Å². The van der Waals surface area contributed by atoms with Crippen LogP contribution >= 0.6 is 27.3 Å². The first-order valence-corrected chi connectivity index (χ1v) is 9.42. The van der Waals surface area contributed by atoms with E-state index in [1.807, 2.05) is 11.4 Å². The van der Waals surface area contributed by atoms with Crippen LogP contribution in [0.3, 0.4) is 0 Å². The summed E-state index contributed by atoms with van der Waals surface area (Å²) < 4.78 is 26.1. The number of aromatic nitrogens is 1. The second-order valence-corrected chi connectivity index (χ2v) is 8.87. The fourth-order valence-electron chi connectivity index (χ4n) is 2.49. The number of pyridine rings is 1. The topological polar surface area (TPSA) is 56.1 Å². The van der Waals surface area contributed by atoms with Crippen LogP contribution in [0.4, 0.5) is 0 Å². The second-order valence-electron chi connectivity index (χ2n) is 4.87. The number of halogens is 1. The molecule has 0 spiro atoms. The third-order valence-electron chi connectivity index (χ3n) is 3.43. The van der Waals surface area contributed by atoms with Gasteiger partial charge >= 0.3 is 0 Å². The highest BCUT2D eigenvalue weighted by atomic mass is 79.9. The first-order valence-electron chi connectivity index (χ1n) is 5.93. The third kappa shape index (κ3) is 2.51. The first kappa shape index (κ1) is 13.3. The minimum atomic E-state index is -2.89. The van der Waals surface area contributed by atoms with Crippen molar-refractivity contribution in [2.24, 2.45) is 5.92 Å². The molecule has 102 valence electrons. The summed E-state index contributed by atoms with van der Waals surface area (Å²) in [4.78, 5) is 12.3. The Morgan fingerprint density at radius 2 is 2.26 bits per heavy atom. The van der Waals surface area contributed by atoms with Gasteiger partial charge in [-0.05, 0) is 39.7 Å². The van der Waals surface area contributed by atoms with E-state index < -0.39 is 9.84 Å². The van der Waals surface area contributed by atoms with E-state index >= 15 is 0 Å². The summed E-state index contributed by atoms with van der Waals surface area (Å²) >= 11 is 4.88. The van der Waals surface area contributed by atoms with Gasteiger partial charge in [0.1, 0.15) is 4.70 Å². The van der Waals surface area contributed by atoms with Crippen LogP contribution in [0.1, 0.15) is 6.42 Å². The number of hydrogen-bond donors (Lipinski definition) is 0. The quantitative estimate of drug-likeness (QED) is 0.824. The molecule has 1 fully saturated rings. The van der Waals surface area contributed by atoms with Gasteiger partial charge in [0, 0.05) is 22.6 Å². The van der Waals surface area contributed by atoms with Crippen LogP contribution in [0.25, 0.3) is 10.1 Å². The SMILES string of the molecule is O=c1c2sccc2c(Br)cn1CC1CCS(=O)(=O)C1. The number of sulfone groups is 1. The lowest BCUT2D eigenvalue weighted by Gasteiger charge is -2.11. The summed E-state index contributed by atoms with van der Waals surface area (Å²) in [6.07, 6.45) is 2.41. The van der Waals surface area contributed by atoms with Crippen LogP contribution in [-0.4, -0.2) is 24.5 Å². The van der Waals surface area contributed by atoms with Gasteiger partial charge in [-0.15, -0.1) is 11.3 Å². The fourth-order valence-corrected chi connectivity index (χ4v) is 5.91. The van der Waals surface area contributed by atoms with Gasteiger partial charge in [0.2, 0.25) is 0 Å². The van der Waals surface area contributed by atoms with Crippen molar-refractivity contribution in [3.63, 3.8) is 0 Å². The Morgan fingerprint density at radius 1 is 1.47 bits per heavy atom. The first-order chi connectivity index (χ1) is 8.96. The molecule has 0 aliphatic carbocycles. The average Bonchev–Trinajstić information content (AvgIpc) is 2.93. The molecule has 1 aliphatic heterocycles. The Kier molecular flexibility index (Phi) is 3.31. The summed E-state index contributed by atoms with van der Waals surface area (Å²) in [5.74, 6) is 0.487. The molecule has 0 bridgehead atoms. The lowest BCUT2D eigenvalue weighted by atomic mass is 10.1. The maximum absolute atomic E-state index is 12.3. The molecule has 1 atom stereocenters. The number of rotatable bonds is 2. The van der Waals surface area contributed by atoms with E-state index in [9.17, 15) is 13.2 Å². The molecule has 1 saturated heterocycles. The van der Waals surface area contributed by atoms with Crippen molar-refractivity contribution in [1.29, 1.82) is 0 Å². The van der Waals surface area contributed by atoms with E-state index in [2.05, 4.69) is 15.9 Å². The van der Waals surface area contributed by atoms with E-state index in [-0.39, 0.29) is 23.0 Å². The zero-order chi connectivity index (χ0) is 13.6. The summed E-state index contributed by atoms with van der Waals surface area (Å²) in [6, 6.07) is 1.91. The highest BCUT2D eigenvalue weighted by molar-refractivity contribution is 9.10. The van der Waals surface area contributed by atoms with Crippen LogP contribution in [0.5, 0.6) is 0 Å². The van der Waals surface area contributed by atoms with Crippen LogP contribution < -0.4 is 5.56 Å². The van der Waals surface area contributed by atoms with Crippen LogP contribution in [0.2, 0.25) is 0 Å². The maximum atomic E-state index is 12.3. The van der Waals surface area contributed by atoms with E-state index in [4.69, 9.17) is 0 Å². The van der Waals surface area contributed by atoms with Gasteiger partial charge < -0.3 is 4.57 Å². The summed E-state index contributed by atoms with van der Waals surface area (Å²) in [7, 11) is -2.89. The molecule has 0 N–H and O–H groups in total. The Hall–Kier alpha value is -0.660. The molecular formula is C12H12BrNO3S2. The monoisotopic (exact) mass is 361 g/mol. The van der Waals surface area contributed by atoms with Crippen LogP contribution in [0.15, 0.2) is 26.9 Å². The number of thiophene rings is 1. The summed E-state index contributed by atoms with van der Waals surface area (Å²) in [5.41, 5.74) is -0.0301. The Morgan fingerprint density at radius 3 is 2.95 bits per heavy atom. The molecule has 4 nitrogen and oxygen atoms in total. The molecule has 0 radical (unpaired) electrons. The van der Waals surface area contributed by atoms with Crippen molar-refractivity contribution in [2.75, 3.05) is 11.5 Å². The van der Waals surface area contributed by atoms with Crippen LogP contribution in [0, 0.1) is 5.92 Å². The smallest absolute Gasteiger partial charge is 0.268 e. The zero-order valence-corrected chi connectivity index (χ0v) is 13.2. The highest BCUT2D eigenvalue weighted by Crippen LogP contribution is 2.26. The molecule has 3 heterocycles. The average molecular weight is 362 g/mol. The molecule has 7 heteroatoms. The normalized spacial score (nSPS) is 22.1. The van der Waals surface area contributed by atoms with Crippen molar-refractivity contribution in [2.45, 2.75) is 13.0 Å². The summed E-state index contributed by atoms with van der Waals surface area (Å²) in [6.45, 7) is 0.477. The fraction of sp³-hybridized carbons (Fsp3) is 0.417. The van der Waals surface area contributed by atoms with Gasteiger partial charge in [0.05, 0.1) is 11.5 Å². The number of hydrogen-bond acceptors (Lipinski definition) is 4. The Labute approximate surface area is 123 Å². The lowest BCUT2D eigenvalue weighted by Crippen LogP contribution is -2.24. The van der Waals surface area contributed by atoms with Crippen molar-refractivity contribution in [1.82, 2.24) is 4.57 Å². The minimum absolute atomic E-state index is 0.0301. The highest BCUT2D eigenvalue weighted by Gasteiger charge is 2.28. The molecule has 0 amide bonds. The molecular weight excluding hydrogens is 350 g/mol. The Balaban J connectivity index is 1.98. The summed E-state index contributed by atoms with van der Waals surface area (Å²) in [5, 5.41) is 2.81. The second kappa shape index (κ2) is 4.71. The van der Waals surface area contributed by atoms with Crippen molar-refractivity contribution in [3.8, 4) is 0 Å². The molecule has 0 aromatic carbocycles. The van der Waals surface area contributed by atoms with Crippen molar-refractivity contribution >= 4 is 47.2 Å². The van der Waals surface area contributed by atoms with Crippen molar-refractivity contribution < 1.29 is 8.42 Å². The standard InChI is InChI=1S/C12H12BrNO3S2/c13-10-6-14(5-8-2-4-19(16,17)7-8)12(15)11-9(10)1-3-18-11/h1,3,6,8H,2,4-5,7H2. The molecule has 3 rings (SSSR count). The molecule has 1 unspecified atom stereocenters. The largest absolute Gasteiger partial charge is 0.313 e. The molecule has 0 saturated carbocycles. The minimum Gasteiger partial charge on any atom is -0.313 e. The van der Waals surface area contributed by atoms with E-state index in [1.54, 1.807) is 10.8 Å². The van der Waals surface area contributed by atoms with E-state index in [1.165, 1.54) is 11.3 Å². The predicted octanol–water partition coefficient (Wildman–Crippen LogP) is 2.26. The maximum Gasteiger partial charge on any atom is 0.268 e. The zero-order valence-electron chi connectivity index (χ0n) is 10.0. The Bertz CT molecular complexity index is 791. The number of nitrogens with zero attached hydrogens (tertiary/aromatic N) is 1. The van der Waals surface area contributed by atoms with Gasteiger partial charge in [-0.2, -0.15) is 0 Å². The van der Waals surface area contributed by atoms with Gasteiger partial charge in [-0.3, -0.25) is 4.79 Å². The molecule has 2 aromatic heterocycles. The lowest BCUT2D eigenvalue weighted by molar-refractivity contribution is 0.482. The van der Waals surface area contributed by atoms with Gasteiger partial charge in [-0.1, -0.05) is 0 Å². The number of fused-ring (bicyclic) bond motifs is 1. The van der Waals surface area contributed by atoms with Crippen LogP contribution in [-0.2, 0) is 16.4 Å². The predicted molar refractivity (Wildman–Crippen MR) is 80.5 cm³/mol. The van der Waals surface area contributed by atoms with E-state index in [0.29, 0.717) is 13.0 Å².